The monoisotopic (exact) mass is 223 g/mol. The molecule has 1 heteroatoms. The fourth-order valence-electron chi connectivity index (χ4n) is 3.15. The minimum atomic E-state index is 0.746. The van der Waals surface area contributed by atoms with Crippen LogP contribution in [0.4, 0.5) is 0 Å². The van der Waals surface area contributed by atoms with Crippen molar-refractivity contribution in [1.82, 2.24) is 4.90 Å². The number of likely N-dealkylation sites (tertiary alicyclic amines) is 1. The van der Waals surface area contributed by atoms with Crippen LogP contribution in [0.25, 0.3) is 0 Å². The van der Waals surface area contributed by atoms with Gasteiger partial charge >= 0.3 is 0 Å². The van der Waals surface area contributed by atoms with Gasteiger partial charge in [0.05, 0.1) is 0 Å². The van der Waals surface area contributed by atoms with Crippen molar-refractivity contribution >= 4 is 0 Å². The Morgan fingerprint density at radius 2 is 1.94 bits per heavy atom. The lowest BCUT2D eigenvalue weighted by molar-refractivity contribution is 0.0413. The predicted octanol–water partition coefficient (Wildman–Crippen LogP) is 4.30. The lowest BCUT2D eigenvalue weighted by atomic mass is 9.71. The van der Waals surface area contributed by atoms with E-state index in [-0.39, 0.29) is 0 Å². The van der Waals surface area contributed by atoms with Crippen LogP contribution in [0.15, 0.2) is 11.8 Å². The summed E-state index contributed by atoms with van der Waals surface area (Å²) >= 11 is 0. The molecule has 0 aromatic heterocycles. The number of allylic oxidation sites excluding steroid dienone is 1. The number of nitrogens with zero attached hydrogens (tertiary/aromatic N) is 1. The lowest BCUT2D eigenvalue weighted by Crippen LogP contribution is -2.55. The third-order valence-corrected chi connectivity index (χ3v) is 4.55. The normalized spacial score (nSPS) is 31.4. The molecule has 1 fully saturated rings. The fourth-order valence-corrected chi connectivity index (χ4v) is 3.15. The first-order chi connectivity index (χ1) is 7.58. The van der Waals surface area contributed by atoms with Gasteiger partial charge in [-0.1, -0.05) is 40.2 Å². The molecule has 1 saturated heterocycles. The summed E-state index contributed by atoms with van der Waals surface area (Å²) in [6, 6.07) is 0.746. The van der Waals surface area contributed by atoms with E-state index in [4.69, 9.17) is 0 Å². The molecule has 0 radical (unpaired) electrons. The van der Waals surface area contributed by atoms with E-state index in [0.717, 1.165) is 23.8 Å². The van der Waals surface area contributed by atoms with Crippen LogP contribution in [-0.4, -0.2) is 17.5 Å². The molecule has 0 spiro atoms. The van der Waals surface area contributed by atoms with Gasteiger partial charge in [0.1, 0.15) is 0 Å². The second-order valence-corrected chi connectivity index (χ2v) is 5.42. The molecule has 1 aliphatic rings. The van der Waals surface area contributed by atoms with Crippen LogP contribution in [0.5, 0.6) is 0 Å². The first kappa shape index (κ1) is 13.6. The second-order valence-electron chi connectivity index (χ2n) is 5.42. The third-order valence-electron chi connectivity index (χ3n) is 4.55. The highest BCUT2D eigenvalue weighted by atomic mass is 15.2. The zero-order valence-electron chi connectivity index (χ0n) is 12.0. The molecule has 94 valence electrons. The summed E-state index contributed by atoms with van der Waals surface area (Å²) < 4.78 is 0. The van der Waals surface area contributed by atoms with E-state index in [2.05, 4.69) is 52.5 Å². The largest absolute Gasteiger partial charge is 0.371 e. The van der Waals surface area contributed by atoms with Gasteiger partial charge in [-0.3, -0.25) is 0 Å². The molecule has 0 amide bonds. The van der Waals surface area contributed by atoms with Gasteiger partial charge in [-0.25, -0.2) is 0 Å². The molecule has 4 unspecified atom stereocenters. The van der Waals surface area contributed by atoms with E-state index < -0.39 is 0 Å². The van der Waals surface area contributed by atoms with E-state index in [1.54, 1.807) is 5.70 Å². The van der Waals surface area contributed by atoms with Crippen molar-refractivity contribution in [1.29, 1.82) is 0 Å². The highest BCUT2D eigenvalue weighted by Gasteiger charge is 2.43. The van der Waals surface area contributed by atoms with Crippen LogP contribution in [0.2, 0.25) is 0 Å². The zero-order chi connectivity index (χ0) is 12.3. The smallest absolute Gasteiger partial charge is 0.0344 e. The Morgan fingerprint density at radius 1 is 1.31 bits per heavy atom. The fraction of sp³-hybridized carbons (Fsp3) is 0.867. The Bertz CT molecular complexity index is 244. The van der Waals surface area contributed by atoms with E-state index in [0.29, 0.717) is 0 Å². The van der Waals surface area contributed by atoms with Gasteiger partial charge in [-0.2, -0.15) is 0 Å². The van der Waals surface area contributed by atoms with Crippen molar-refractivity contribution in [3.63, 3.8) is 0 Å². The quantitative estimate of drug-likeness (QED) is 0.671. The molecule has 0 N–H and O–H groups in total. The summed E-state index contributed by atoms with van der Waals surface area (Å²) in [7, 11) is 0. The van der Waals surface area contributed by atoms with Crippen molar-refractivity contribution in [2.24, 2.45) is 17.8 Å². The third kappa shape index (κ3) is 2.28. The average Bonchev–Trinajstić information content (AvgIpc) is 2.30. The van der Waals surface area contributed by atoms with E-state index in [9.17, 15) is 0 Å². The van der Waals surface area contributed by atoms with Gasteiger partial charge < -0.3 is 4.90 Å². The maximum atomic E-state index is 2.59. The van der Waals surface area contributed by atoms with Crippen molar-refractivity contribution in [2.75, 3.05) is 6.54 Å². The Labute approximate surface area is 102 Å². The first-order valence-electron chi connectivity index (χ1n) is 7.01. The summed E-state index contributed by atoms with van der Waals surface area (Å²) in [5, 5.41) is 0. The van der Waals surface area contributed by atoms with Gasteiger partial charge in [0.25, 0.3) is 0 Å². The maximum absolute atomic E-state index is 2.59. The SMILES string of the molecule is C/C=C1\C(C(C)C(C)CC)C(C)N1CCC. The number of hydrogen-bond acceptors (Lipinski definition) is 1. The van der Waals surface area contributed by atoms with Crippen LogP contribution >= 0.6 is 0 Å². The molecule has 0 saturated carbocycles. The Balaban J connectivity index is 2.69. The second kappa shape index (κ2) is 5.75. The first-order valence-corrected chi connectivity index (χ1v) is 7.01. The number of rotatable bonds is 5. The predicted molar refractivity (Wildman–Crippen MR) is 72.3 cm³/mol. The summed E-state index contributed by atoms with van der Waals surface area (Å²) in [6.45, 7) is 15.2. The molecule has 16 heavy (non-hydrogen) atoms. The lowest BCUT2D eigenvalue weighted by Gasteiger charge is -2.54. The molecular formula is C15H29N. The van der Waals surface area contributed by atoms with Crippen molar-refractivity contribution in [3.8, 4) is 0 Å². The van der Waals surface area contributed by atoms with Crippen LogP contribution in [0.3, 0.4) is 0 Å². The highest BCUT2D eigenvalue weighted by Crippen LogP contribution is 2.43. The van der Waals surface area contributed by atoms with E-state index in [1.807, 2.05) is 0 Å². The summed E-state index contributed by atoms with van der Waals surface area (Å²) in [5.41, 5.74) is 1.60. The summed E-state index contributed by atoms with van der Waals surface area (Å²) in [6.07, 6.45) is 4.89. The molecule has 0 aromatic rings. The maximum Gasteiger partial charge on any atom is 0.0344 e. The van der Waals surface area contributed by atoms with Crippen molar-refractivity contribution in [3.05, 3.63) is 11.8 Å². The molecule has 0 aromatic carbocycles. The number of hydrogen-bond donors (Lipinski definition) is 0. The van der Waals surface area contributed by atoms with Crippen molar-refractivity contribution < 1.29 is 0 Å². The van der Waals surface area contributed by atoms with Gasteiger partial charge in [0.2, 0.25) is 0 Å². The van der Waals surface area contributed by atoms with Crippen molar-refractivity contribution in [2.45, 2.75) is 60.4 Å². The molecule has 0 bridgehead atoms. The Hall–Kier alpha value is -0.460. The standard InChI is InChI=1S/C15H29N/c1-7-10-16-13(6)15(14(16)9-3)12(5)11(4)8-2/h9,11-13,15H,7-8,10H2,1-6H3/b14-9+. The van der Waals surface area contributed by atoms with Crippen LogP contribution in [0.1, 0.15) is 54.4 Å². The molecular weight excluding hydrogens is 194 g/mol. The topological polar surface area (TPSA) is 3.24 Å². The van der Waals surface area contributed by atoms with E-state index >= 15 is 0 Å². The summed E-state index contributed by atoms with van der Waals surface area (Å²) in [5.74, 6) is 2.46. The molecule has 4 atom stereocenters. The molecule has 1 heterocycles. The van der Waals surface area contributed by atoms with Gasteiger partial charge in [0.15, 0.2) is 0 Å². The molecule has 0 aliphatic carbocycles. The van der Waals surface area contributed by atoms with E-state index in [1.165, 1.54) is 19.4 Å². The highest BCUT2D eigenvalue weighted by molar-refractivity contribution is 5.20. The molecule has 1 aliphatic heterocycles. The Kier molecular flexibility index (Phi) is 4.89. The average molecular weight is 223 g/mol. The minimum absolute atomic E-state index is 0.746. The van der Waals surface area contributed by atoms with Crippen LogP contribution in [-0.2, 0) is 0 Å². The van der Waals surface area contributed by atoms with Gasteiger partial charge in [-0.05, 0) is 32.1 Å². The molecule has 1 rings (SSSR count). The zero-order valence-corrected chi connectivity index (χ0v) is 12.0. The Morgan fingerprint density at radius 3 is 2.38 bits per heavy atom. The van der Waals surface area contributed by atoms with Crippen LogP contribution in [0, 0.1) is 17.8 Å². The summed E-state index contributed by atoms with van der Waals surface area (Å²) in [4.78, 5) is 2.59. The van der Waals surface area contributed by atoms with Gasteiger partial charge in [-0.15, -0.1) is 0 Å². The van der Waals surface area contributed by atoms with Gasteiger partial charge in [0, 0.05) is 24.2 Å². The molecule has 1 nitrogen and oxygen atoms in total. The van der Waals surface area contributed by atoms with Crippen LogP contribution < -0.4 is 0 Å². The minimum Gasteiger partial charge on any atom is -0.371 e.